The SMILES string of the molecule is Cc1ncccc1C(=O)c1cccc(N2CCC[C@H](c3ccccc3)C2)n1. The number of carbonyl (C=O) groups is 1. The van der Waals surface area contributed by atoms with Gasteiger partial charge < -0.3 is 4.90 Å². The van der Waals surface area contributed by atoms with Crippen LogP contribution in [0.25, 0.3) is 0 Å². The summed E-state index contributed by atoms with van der Waals surface area (Å²) in [7, 11) is 0. The van der Waals surface area contributed by atoms with Gasteiger partial charge in [-0.15, -0.1) is 0 Å². The lowest BCUT2D eigenvalue weighted by Crippen LogP contribution is -2.35. The molecule has 1 aromatic carbocycles. The summed E-state index contributed by atoms with van der Waals surface area (Å²) < 4.78 is 0. The van der Waals surface area contributed by atoms with Crippen LogP contribution in [-0.2, 0) is 0 Å². The minimum absolute atomic E-state index is 0.0703. The largest absolute Gasteiger partial charge is 0.356 e. The van der Waals surface area contributed by atoms with Gasteiger partial charge in [-0.05, 0) is 49.6 Å². The van der Waals surface area contributed by atoms with Crippen LogP contribution in [0.3, 0.4) is 0 Å². The highest BCUT2D eigenvalue weighted by atomic mass is 16.1. The maximum absolute atomic E-state index is 12.9. The van der Waals surface area contributed by atoms with Crippen molar-refractivity contribution in [2.45, 2.75) is 25.7 Å². The van der Waals surface area contributed by atoms with Gasteiger partial charge in [0.25, 0.3) is 0 Å². The van der Waals surface area contributed by atoms with Crippen LogP contribution in [0, 0.1) is 6.92 Å². The van der Waals surface area contributed by atoms with E-state index in [0.717, 1.165) is 31.0 Å². The lowest BCUT2D eigenvalue weighted by atomic mass is 9.90. The van der Waals surface area contributed by atoms with E-state index in [9.17, 15) is 4.79 Å². The molecular weight excluding hydrogens is 334 g/mol. The fraction of sp³-hybridized carbons (Fsp3) is 0.261. The highest BCUT2D eigenvalue weighted by molar-refractivity contribution is 6.08. The van der Waals surface area contributed by atoms with Gasteiger partial charge in [0.15, 0.2) is 0 Å². The van der Waals surface area contributed by atoms with Crippen molar-refractivity contribution in [3.8, 4) is 0 Å². The average molecular weight is 357 g/mol. The zero-order chi connectivity index (χ0) is 18.6. The Hall–Kier alpha value is -3.01. The van der Waals surface area contributed by atoms with Gasteiger partial charge in [-0.25, -0.2) is 4.98 Å². The molecule has 1 aliphatic heterocycles. The zero-order valence-corrected chi connectivity index (χ0v) is 15.5. The number of rotatable bonds is 4. The van der Waals surface area contributed by atoms with E-state index in [2.05, 4.69) is 40.2 Å². The Kier molecular flexibility index (Phi) is 4.97. The first-order valence-electron chi connectivity index (χ1n) is 9.45. The summed E-state index contributed by atoms with van der Waals surface area (Å²) in [6.45, 7) is 3.76. The second-order valence-electron chi connectivity index (χ2n) is 7.04. The molecule has 0 unspecified atom stereocenters. The number of carbonyl (C=O) groups excluding carboxylic acids is 1. The Morgan fingerprint density at radius 1 is 1.04 bits per heavy atom. The first-order chi connectivity index (χ1) is 13.2. The van der Waals surface area contributed by atoms with Crippen molar-refractivity contribution in [3.63, 3.8) is 0 Å². The van der Waals surface area contributed by atoms with E-state index < -0.39 is 0 Å². The number of benzene rings is 1. The van der Waals surface area contributed by atoms with Crippen LogP contribution < -0.4 is 4.90 Å². The van der Waals surface area contributed by atoms with Crippen LogP contribution in [0.5, 0.6) is 0 Å². The maximum atomic E-state index is 12.9. The van der Waals surface area contributed by atoms with Crippen molar-refractivity contribution in [3.05, 3.63) is 89.4 Å². The van der Waals surface area contributed by atoms with Crippen LogP contribution in [0.1, 0.15) is 46.1 Å². The molecule has 0 aliphatic carbocycles. The Bertz CT molecular complexity index is 939. The van der Waals surface area contributed by atoms with Gasteiger partial charge in [0.1, 0.15) is 11.5 Å². The van der Waals surface area contributed by atoms with Crippen molar-refractivity contribution < 1.29 is 4.79 Å². The third-order valence-electron chi connectivity index (χ3n) is 5.23. The molecule has 0 spiro atoms. The van der Waals surface area contributed by atoms with Crippen molar-refractivity contribution in [2.75, 3.05) is 18.0 Å². The second-order valence-corrected chi connectivity index (χ2v) is 7.04. The Morgan fingerprint density at radius 3 is 2.70 bits per heavy atom. The van der Waals surface area contributed by atoms with Crippen molar-refractivity contribution in [2.24, 2.45) is 0 Å². The van der Waals surface area contributed by atoms with Gasteiger partial charge in [0.05, 0.1) is 0 Å². The molecule has 0 amide bonds. The lowest BCUT2D eigenvalue weighted by molar-refractivity contribution is 0.103. The van der Waals surface area contributed by atoms with Crippen LogP contribution >= 0.6 is 0 Å². The summed E-state index contributed by atoms with van der Waals surface area (Å²) in [4.78, 5) is 24.1. The molecule has 4 nitrogen and oxygen atoms in total. The number of pyridine rings is 2. The highest BCUT2D eigenvalue weighted by Gasteiger charge is 2.23. The molecular formula is C23H23N3O. The highest BCUT2D eigenvalue weighted by Crippen LogP contribution is 2.29. The number of piperidine rings is 1. The molecule has 1 aliphatic rings. The fourth-order valence-electron chi connectivity index (χ4n) is 3.77. The number of anilines is 1. The molecule has 0 saturated carbocycles. The molecule has 2 aromatic heterocycles. The zero-order valence-electron chi connectivity index (χ0n) is 15.5. The lowest BCUT2D eigenvalue weighted by Gasteiger charge is -2.34. The molecule has 27 heavy (non-hydrogen) atoms. The molecule has 0 radical (unpaired) electrons. The average Bonchev–Trinajstić information content (AvgIpc) is 2.74. The van der Waals surface area contributed by atoms with Crippen LogP contribution in [0.2, 0.25) is 0 Å². The second kappa shape index (κ2) is 7.70. The van der Waals surface area contributed by atoms with E-state index >= 15 is 0 Å². The quantitative estimate of drug-likeness (QED) is 0.649. The van der Waals surface area contributed by atoms with E-state index in [1.807, 2.05) is 25.1 Å². The molecule has 4 heteroatoms. The van der Waals surface area contributed by atoms with E-state index in [1.165, 1.54) is 12.0 Å². The topological polar surface area (TPSA) is 46.1 Å². The first kappa shape index (κ1) is 17.4. The molecule has 4 rings (SSSR count). The Morgan fingerprint density at radius 2 is 1.89 bits per heavy atom. The number of aromatic nitrogens is 2. The third kappa shape index (κ3) is 3.75. The summed E-state index contributed by atoms with van der Waals surface area (Å²) in [5, 5.41) is 0. The van der Waals surface area contributed by atoms with Gasteiger partial charge in [-0.3, -0.25) is 9.78 Å². The van der Waals surface area contributed by atoms with Crippen molar-refractivity contribution in [1.82, 2.24) is 9.97 Å². The normalized spacial score (nSPS) is 16.9. The molecule has 3 heterocycles. The third-order valence-corrected chi connectivity index (χ3v) is 5.23. The summed E-state index contributed by atoms with van der Waals surface area (Å²) in [6, 6.07) is 20.0. The Labute approximate surface area is 159 Å². The van der Waals surface area contributed by atoms with Gasteiger partial charge in [-0.2, -0.15) is 0 Å². The predicted molar refractivity (Wildman–Crippen MR) is 107 cm³/mol. The van der Waals surface area contributed by atoms with Crippen LogP contribution in [-0.4, -0.2) is 28.8 Å². The maximum Gasteiger partial charge on any atom is 0.213 e. The summed E-state index contributed by atoms with van der Waals surface area (Å²) in [6.07, 6.45) is 4.02. The number of nitrogens with zero attached hydrogens (tertiary/aromatic N) is 3. The number of hydrogen-bond acceptors (Lipinski definition) is 4. The predicted octanol–water partition coefficient (Wildman–Crippen LogP) is 4.40. The standard InChI is InChI=1S/C23H23N3O/c1-17-20(11-6-14-24-17)23(27)21-12-5-13-22(25-21)26-15-7-10-19(16-26)18-8-3-2-4-9-18/h2-6,8-9,11-14,19H,7,10,15-16H2,1H3/t19-/m0/s1. The summed E-state index contributed by atoms with van der Waals surface area (Å²) in [5.74, 6) is 1.31. The minimum atomic E-state index is -0.0703. The molecule has 0 bridgehead atoms. The van der Waals surface area contributed by atoms with Crippen molar-refractivity contribution >= 4 is 11.6 Å². The minimum Gasteiger partial charge on any atom is -0.356 e. The first-order valence-corrected chi connectivity index (χ1v) is 9.45. The van der Waals surface area contributed by atoms with E-state index in [4.69, 9.17) is 4.98 Å². The summed E-state index contributed by atoms with van der Waals surface area (Å²) in [5.41, 5.74) is 3.20. The molecule has 136 valence electrons. The monoisotopic (exact) mass is 357 g/mol. The van der Waals surface area contributed by atoms with E-state index in [0.29, 0.717) is 17.2 Å². The van der Waals surface area contributed by atoms with Crippen molar-refractivity contribution in [1.29, 1.82) is 0 Å². The molecule has 3 aromatic rings. The van der Waals surface area contributed by atoms with E-state index in [1.54, 1.807) is 18.3 Å². The molecule has 1 saturated heterocycles. The van der Waals surface area contributed by atoms with Gasteiger partial charge >= 0.3 is 0 Å². The molecule has 1 atom stereocenters. The molecule has 0 N–H and O–H groups in total. The summed E-state index contributed by atoms with van der Waals surface area (Å²) >= 11 is 0. The van der Waals surface area contributed by atoms with Crippen LogP contribution in [0.4, 0.5) is 5.82 Å². The Balaban J connectivity index is 1.57. The van der Waals surface area contributed by atoms with Crippen LogP contribution in [0.15, 0.2) is 66.9 Å². The smallest absolute Gasteiger partial charge is 0.213 e. The fourth-order valence-corrected chi connectivity index (χ4v) is 3.77. The van der Waals surface area contributed by atoms with Gasteiger partial charge in [0.2, 0.25) is 5.78 Å². The van der Waals surface area contributed by atoms with Gasteiger partial charge in [0, 0.05) is 36.5 Å². The van der Waals surface area contributed by atoms with Gasteiger partial charge in [-0.1, -0.05) is 36.4 Å². The number of aryl methyl sites for hydroxylation is 1. The van der Waals surface area contributed by atoms with E-state index in [-0.39, 0.29) is 5.78 Å². The number of ketones is 1. The molecule has 1 fully saturated rings. The number of hydrogen-bond donors (Lipinski definition) is 0.